The Morgan fingerprint density at radius 1 is 1.50 bits per heavy atom. The van der Waals surface area contributed by atoms with Gasteiger partial charge in [-0.05, 0) is 25.1 Å². The van der Waals surface area contributed by atoms with Gasteiger partial charge >= 0.3 is 0 Å². The van der Waals surface area contributed by atoms with Gasteiger partial charge in [-0.3, -0.25) is 0 Å². The Balaban J connectivity index is 2.04. The minimum atomic E-state index is 0.425. The zero-order valence-electron chi connectivity index (χ0n) is 8.74. The van der Waals surface area contributed by atoms with Gasteiger partial charge in [-0.15, -0.1) is 11.3 Å². The Morgan fingerprint density at radius 2 is 2.31 bits per heavy atom. The van der Waals surface area contributed by atoms with Crippen LogP contribution in [0.4, 0.5) is 5.69 Å². The first-order valence-electron chi connectivity index (χ1n) is 4.74. The number of benzene rings is 1. The summed E-state index contributed by atoms with van der Waals surface area (Å²) in [6, 6.07) is 5.19. The summed E-state index contributed by atoms with van der Waals surface area (Å²) >= 11 is 7.58. The number of aromatic nitrogens is 1. The van der Waals surface area contributed by atoms with E-state index in [9.17, 15) is 0 Å². The molecule has 0 aliphatic heterocycles. The van der Waals surface area contributed by atoms with E-state index < -0.39 is 0 Å². The third-order valence-electron chi connectivity index (χ3n) is 2.00. The Labute approximate surface area is 103 Å². The van der Waals surface area contributed by atoms with Crippen molar-refractivity contribution in [2.24, 2.45) is 0 Å². The van der Waals surface area contributed by atoms with Gasteiger partial charge in [0.2, 0.25) is 0 Å². The molecule has 0 spiro atoms. The molecule has 2 rings (SSSR count). The summed E-state index contributed by atoms with van der Waals surface area (Å²) < 4.78 is 5.55. The van der Waals surface area contributed by atoms with Gasteiger partial charge in [-0.25, -0.2) is 4.98 Å². The Kier molecular flexibility index (Phi) is 3.31. The van der Waals surface area contributed by atoms with Gasteiger partial charge in [0.15, 0.2) is 0 Å². The third kappa shape index (κ3) is 2.65. The monoisotopic (exact) mass is 254 g/mol. The molecule has 0 unspecified atom stereocenters. The van der Waals surface area contributed by atoms with Gasteiger partial charge in [0, 0.05) is 11.1 Å². The van der Waals surface area contributed by atoms with Crippen molar-refractivity contribution in [1.82, 2.24) is 4.98 Å². The smallest absolute Gasteiger partial charge is 0.138 e. The zero-order chi connectivity index (χ0) is 11.5. The van der Waals surface area contributed by atoms with Crippen LogP contribution >= 0.6 is 22.9 Å². The molecule has 1 heterocycles. The fourth-order valence-corrected chi connectivity index (χ4v) is 2.10. The lowest BCUT2D eigenvalue weighted by atomic mass is 10.3. The van der Waals surface area contributed by atoms with Crippen LogP contribution in [-0.4, -0.2) is 4.98 Å². The number of thiazole rings is 1. The molecule has 0 amide bonds. The summed E-state index contributed by atoms with van der Waals surface area (Å²) in [5, 5.41) is 3.52. The summed E-state index contributed by atoms with van der Waals surface area (Å²) in [6.45, 7) is 2.39. The number of nitrogen functional groups attached to an aromatic ring is 1. The number of nitrogens with two attached hydrogens (primary N) is 1. The van der Waals surface area contributed by atoms with Crippen molar-refractivity contribution < 1.29 is 4.74 Å². The van der Waals surface area contributed by atoms with Crippen LogP contribution in [0.1, 0.15) is 10.7 Å². The Morgan fingerprint density at radius 3 is 2.94 bits per heavy atom. The largest absolute Gasteiger partial charge is 0.486 e. The molecule has 5 heteroatoms. The Hall–Kier alpha value is -1.26. The van der Waals surface area contributed by atoms with Crippen LogP contribution in [0, 0.1) is 6.92 Å². The molecule has 0 aliphatic carbocycles. The van der Waals surface area contributed by atoms with Gasteiger partial charge in [-0.1, -0.05) is 11.6 Å². The molecule has 1 aromatic heterocycles. The van der Waals surface area contributed by atoms with Crippen molar-refractivity contribution in [2.75, 3.05) is 5.73 Å². The summed E-state index contributed by atoms with van der Waals surface area (Å²) in [7, 11) is 0. The highest BCUT2D eigenvalue weighted by Crippen LogP contribution is 2.27. The van der Waals surface area contributed by atoms with E-state index in [0.717, 1.165) is 10.7 Å². The fourth-order valence-electron chi connectivity index (χ4n) is 1.26. The molecule has 2 N–H and O–H groups in total. The molecule has 3 nitrogen and oxygen atoms in total. The van der Waals surface area contributed by atoms with Crippen LogP contribution in [0.2, 0.25) is 5.02 Å². The molecule has 0 saturated carbocycles. The highest BCUT2D eigenvalue weighted by atomic mass is 35.5. The van der Waals surface area contributed by atoms with Crippen molar-refractivity contribution in [2.45, 2.75) is 13.5 Å². The van der Waals surface area contributed by atoms with Crippen molar-refractivity contribution >= 4 is 28.6 Å². The molecule has 0 bridgehead atoms. The second-order valence-corrected chi connectivity index (χ2v) is 4.81. The lowest BCUT2D eigenvalue weighted by Crippen LogP contribution is -1.96. The zero-order valence-corrected chi connectivity index (χ0v) is 10.3. The molecule has 0 aliphatic rings. The van der Waals surface area contributed by atoms with Gasteiger partial charge < -0.3 is 10.5 Å². The van der Waals surface area contributed by atoms with E-state index in [2.05, 4.69) is 4.98 Å². The maximum atomic E-state index is 5.98. The number of hydrogen-bond donors (Lipinski definition) is 1. The van der Waals surface area contributed by atoms with Gasteiger partial charge in [0.1, 0.15) is 12.4 Å². The standard InChI is InChI=1S/C11H11ClN2OS/c1-7-14-9(6-16-7)5-15-11-3-2-8(13)4-10(11)12/h2-4,6H,5,13H2,1H3. The molecule has 16 heavy (non-hydrogen) atoms. The van der Waals surface area contributed by atoms with Gasteiger partial charge in [-0.2, -0.15) is 0 Å². The molecular weight excluding hydrogens is 244 g/mol. The normalized spacial score (nSPS) is 10.4. The maximum absolute atomic E-state index is 5.98. The number of hydrogen-bond acceptors (Lipinski definition) is 4. The summed E-state index contributed by atoms with van der Waals surface area (Å²) in [4.78, 5) is 4.30. The van der Waals surface area contributed by atoms with Crippen molar-refractivity contribution in [3.05, 3.63) is 39.3 Å². The molecule has 1 aromatic carbocycles. The number of nitrogens with zero attached hydrogens (tertiary/aromatic N) is 1. The lowest BCUT2D eigenvalue weighted by molar-refractivity contribution is 0.302. The minimum absolute atomic E-state index is 0.425. The first kappa shape index (κ1) is 11.2. The predicted molar refractivity (Wildman–Crippen MR) is 67.0 cm³/mol. The van der Waals surface area contributed by atoms with E-state index in [4.69, 9.17) is 22.1 Å². The first-order chi connectivity index (χ1) is 7.65. The van der Waals surface area contributed by atoms with E-state index in [1.54, 1.807) is 29.5 Å². The predicted octanol–water partition coefficient (Wildman–Crippen LogP) is 3.27. The fraction of sp³-hybridized carbons (Fsp3) is 0.182. The van der Waals surface area contributed by atoms with E-state index in [-0.39, 0.29) is 0 Å². The Bertz CT molecular complexity index is 498. The number of anilines is 1. The van der Waals surface area contributed by atoms with Crippen LogP contribution < -0.4 is 10.5 Å². The highest BCUT2D eigenvalue weighted by Gasteiger charge is 2.04. The average molecular weight is 255 g/mol. The quantitative estimate of drug-likeness (QED) is 0.856. The van der Waals surface area contributed by atoms with Crippen LogP contribution in [0.5, 0.6) is 5.75 Å². The van der Waals surface area contributed by atoms with E-state index in [1.807, 2.05) is 12.3 Å². The molecule has 84 valence electrons. The topological polar surface area (TPSA) is 48.1 Å². The highest BCUT2D eigenvalue weighted by molar-refractivity contribution is 7.09. The van der Waals surface area contributed by atoms with Crippen molar-refractivity contribution in [1.29, 1.82) is 0 Å². The second-order valence-electron chi connectivity index (χ2n) is 3.34. The van der Waals surface area contributed by atoms with Gasteiger partial charge in [0.25, 0.3) is 0 Å². The third-order valence-corrected chi connectivity index (χ3v) is 3.12. The summed E-state index contributed by atoms with van der Waals surface area (Å²) in [5.74, 6) is 0.626. The molecule has 0 saturated heterocycles. The van der Waals surface area contributed by atoms with Crippen LogP contribution in [0.25, 0.3) is 0 Å². The van der Waals surface area contributed by atoms with Gasteiger partial charge in [0.05, 0.1) is 15.7 Å². The molecule has 0 radical (unpaired) electrons. The molecular formula is C11H11ClN2OS. The molecule has 0 fully saturated rings. The van der Waals surface area contributed by atoms with E-state index in [1.165, 1.54) is 0 Å². The van der Waals surface area contributed by atoms with Crippen molar-refractivity contribution in [3.8, 4) is 5.75 Å². The van der Waals surface area contributed by atoms with Crippen LogP contribution in [0.3, 0.4) is 0 Å². The second kappa shape index (κ2) is 4.72. The van der Waals surface area contributed by atoms with Crippen LogP contribution in [-0.2, 0) is 6.61 Å². The van der Waals surface area contributed by atoms with E-state index >= 15 is 0 Å². The number of ether oxygens (including phenoxy) is 1. The van der Waals surface area contributed by atoms with Crippen LogP contribution in [0.15, 0.2) is 23.6 Å². The summed E-state index contributed by atoms with van der Waals surface area (Å²) in [5.41, 5.74) is 7.13. The van der Waals surface area contributed by atoms with Crippen molar-refractivity contribution in [3.63, 3.8) is 0 Å². The minimum Gasteiger partial charge on any atom is -0.486 e. The summed E-state index contributed by atoms with van der Waals surface area (Å²) in [6.07, 6.45) is 0. The first-order valence-corrected chi connectivity index (χ1v) is 6.00. The average Bonchev–Trinajstić information content (AvgIpc) is 2.63. The maximum Gasteiger partial charge on any atom is 0.138 e. The SMILES string of the molecule is Cc1nc(COc2ccc(N)cc2Cl)cs1. The lowest BCUT2D eigenvalue weighted by Gasteiger charge is -2.06. The number of halogens is 1. The number of rotatable bonds is 3. The van der Waals surface area contributed by atoms with E-state index in [0.29, 0.717) is 23.1 Å². The number of aryl methyl sites for hydroxylation is 1. The molecule has 2 aromatic rings. The molecule has 0 atom stereocenters.